The molecule has 1 fully saturated rings. The van der Waals surface area contributed by atoms with E-state index < -0.39 is 0 Å². The van der Waals surface area contributed by atoms with Crippen LogP contribution in [0, 0.1) is 0 Å². The van der Waals surface area contributed by atoms with Crippen molar-refractivity contribution in [2.45, 2.75) is 71.9 Å². The van der Waals surface area contributed by atoms with Gasteiger partial charge in [-0.25, -0.2) is 0 Å². The number of hydrogen-bond acceptors (Lipinski definition) is 3. The summed E-state index contributed by atoms with van der Waals surface area (Å²) >= 11 is 0. The molecule has 0 unspecified atom stereocenters. The van der Waals surface area contributed by atoms with E-state index in [2.05, 4.69) is 74.2 Å². The maximum Gasteiger partial charge on any atom is 0.129 e. The maximum atomic E-state index is 5.73. The Labute approximate surface area is 153 Å². The molecular weight excluding hydrogens is 308 g/mol. The highest BCUT2D eigenvalue weighted by Crippen LogP contribution is 2.23. The molecule has 0 bridgehead atoms. The highest BCUT2D eigenvalue weighted by atomic mass is 16.6. The first kappa shape index (κ1) is 19.7. The number of allylic oxidation sites excluding steroid dienone is 1. The van der Waals surface area contributed by atoms with Crippen LogP contribution in [0.1, 0.15) is 65.4 Å². The first-order valence-electron chi connectivity index (χ1n) is 9.78. The second kappa shape index (κ2) is 10.4. The molecule has 0 atom stereocenters. The second-order valence-electron chi connectivity index (χ2n) is 7.44. The van der Waals surface area contributed by atoms with Crippen LogP contribution in [0.4, 0.5) is 0 Å². The average molecular weight is 343 g/mol. The van der Waals surface area contributed by atoms with Crippen LogP contribution in [0.3, 0.4) is 0 Å². The Bertz CT molecular complexity index is 553. The third kappa shape index (κ3) is 6.66. The van der Waals surface area contributed by atoms with Crippen molar-refractivity contribution in [2.75, 3.05) is 13.2 Å². The average Bonchev–Trinajstić information content (AvgIpc) is 2.80. The van der Waals surface area contributed by atoms with Crippen molar-refractivity contribution in [2.24, 2.45) is 5.16 Å². The van der Waals surface area contributed by atoms with Gasteiger partial charge in [-0.3, -0.25) is 4.90 Å². The van der Waals surface area contributed by atoms with Crippen molar-refractivity contribution < 1.29 is 4.84 Å². The van der Waals surface area contributed by atoms with Gasteiger partial charge < -0.3 is 4.84 Å². The summed E-state index contributed by atoms with van der Waals surface area (Å²) in [7, 11) is 0. The molecule has 0 heterocycles. The van der Waals surface area contributed by atoms with E-state index in [0.717, 1.165) is 25.1 Å². The predicted octanol–water partition coefficient (Wildman–Crippen LogP) is 5.53. The normalized spacial score (nSPS) is 19.2. The zero-order valence-corrected chi connectivity index (χ0v) is 16.4. The van der Waals surface area contributed by atoms with Gasteiger partial charge in [-0.15, -0.1) is 0 Å². The Morgan fingerprint density at radius 3 is 2.36 bits per heavy atom. The summed E-state index contributed by atoms with van der Waals surface area (Å²) < 4.78 is 0. The van der Waals surface area contributed by atoms with E-state index in [1.807, 2.05) is 0 Å². The summed E-state index contributed by atoms with van der Waals surface area (Å²) in [6, 6.07) is 11.6. The van der Waals surface area contributed by atoms with Gasteiger partial charge in [0.15, 0.2) is 0 Å². The summed E-state index contributed by atoms with van der Waals surface area (Å²) in [5.74, 6) is 0. The molecule has 0 aliphatic heterocycles. The highest BCUT2D eigenvalue weighted by molar-refractivity contribution is 6.03. The summed E-state index contributed by atoms with van der Waals surface area (Å²) in [6.45, 7) is 10.5. The molecule has 1 saturated carbocycles. The number of hydrogen-bond donors (Lipinski definition) is 0. The summed E-state index contributed by atoms with van der Waals surface area (Å²) in [4.78, 5) is 8.17. The molecule has 0 N–H and O–H groups in total. The van der Waals surface area contributed by atoms with Crippen molar-refractivity contribution in [3.05, 3.63) is 41.5 Å². The minimum atomic E-state index is 0.530. The molecule has 1 aromatic carbocycles. The fourth-order valence-corrected chi connectivity index (χ4v) is 3.48. The van der Waals surface area contributed by atoms with Gasteiger partial charge in [-0.2, -0.15) is 0 Å². The van der Waals surface area contributed by atoms with Crippen molar-refractivity contribution in [1.82, 2.24) is 4.90 Å². The summed E-state index contributed by atoms with van der Waals surface area (Å²) in [5, 5.41) is 4.53. The van der Waals surface area contributed by atoms with Gasteiger partial charge in [-0.05, 0) is 70.6 Å². The lowest BCUT2D eigenvalue weighted by molar-refractivity contribution is 0.0826. The Balaban J connectivity index is 2.00. The van der Waals surface area contributed by atoms with Crippen LogP contribution in [0.15, 0.2) is 41.1 Å². The van der Waals surface area contributed by atoms with Gasteiger partial charge in [0.25, 0.3) is 0 Å². The van der Waals surface area contributed by atoms with Crippen LogP contribution >= 0.6 is 0 Å². The molecule has 0 amide bonds. The van der Waals surface area contributed by atoms with E-state index in [1.165, 1.54) is 30.4 Å². The molecule has 0 spiro atoms. The molecule has 3 heteroatoms. The van der Waals surface area contributed by atoms with E-state index in [9.17, 15) is 0 Å². The molecule has 138 valence electrons. The zero-order valence-electron chi connectivity index (χ0n) is 16.4. The molecule has 0 saturated heterocycles. The Morgan fingerprint density at radius 1 is 1.00 bits per heavy atom. The lowest BCUT2D eigenvalue weighted by atomic mass is 10.0. The fraction of sp³-hybridized carbons (Fsp3) is 0.591. The quantitative estimate of drug-likeness (QED) is 0.370. The van der Waals surface area contributed by atoms with Gasteiger partial charge in [0.05, 0.1) is 5.71 Å². The molecule has 0 radical (unpaired) electrons. The minimum absolute atomic E-state index is 0.530. The standard InChI is InChI=1S/C22H34N2O/c1-18(2)24(19(3)4)15-16-25-23-22-14-10-6-9-13-21(22)17-20-11-7-5-8-12-20/h5,7-8,11-12,17-19H,6,9-10,13-16H2,1-4H3/b21-17+,23-22+. The first-order valence-corrected chi connectivity index (χ1v) is 9.78. The molecule has 0 aromatic heterocycles. The van der Waals surface area contributed by atoms with Crippen molar-refractivity contribution >= 4 is 11.8 Å². The Morgan fingerprint density at radius 2 is 1.68 bits per heavy atom. The van der Waals surface area contributed by atoms with Gasteiger partial charge >= 0.3 is 0 Å². The van der Waals surface area contributed by atoms with E-state index in [0.29, 0.717) is 18.7 Å². The minimum Gasteiger partial charge on any atom is -0.394 e. The molecule has 1 aromatic rings. The number of nitrogens with zero attached hydrogens (tertiary/aromatic N) is 2. The van der Waals surface area contributed by atoms with Crippen LogP contribution in [-0.2, 0) is 4.84 Å². The van der Waals surface area contributed by atoms with Crippen LogP contribution in [0.5, 0.6) is 0 Å². The summed E-state index contributed by atoms with van der Waals surface area (Å²) in [6.07, 6.45) is 8.13. The van der Waals surface area contributed by atoms with Crippen LogP contribution in [0.2, 0.25) is 0 Å². The Kier molecular flexibility index (Phi) is 8.20. The van der Waals surface area contributed by atoms with Gasteiger partial charge in [-0.1, -0.05) is 41.9 Å². The molecule has 25 heavy (non-hydrogen) atoms. The van der Waals surface area contributed by atoms with Crippen LogP contribution in [0.25, 0.3) is 6.08 Å². The van der Waals surface area contributed by atoms with E-state index in [4.69, 9.17) is 4.84 Å². The van der Waals surface area contributed by atoms with Gasteiger partial charge in [0, 0.05) is 18.6 Å². The molecule has 2 rings (SSSR count). The SMILES string of the molecule is CC(C)N(CCO/N=C1\CCCCC\C1=C/c1ccccc1)C(C)C. The smallest absolute Gasteiger partial charge is 0.129 e. The Hall–Kier alpha value is -1.61. The van der Waals surface area contributed by atoms with E-state index in [-0.39, 0.29) is 0 Å². The second-order valence-corrected chi connectivity index (χ2v) is 7.44. The fourth-order valence-electron chi connectivity index (χ4n) is 3.48. The third-order valence-corrected chi connectivity index (χ3v) is 4.81. The highest BCUT2D eigenvalue weighted by Gasteiger charge is 2.14. The maximum absolute atomic E-state index is 5.73. The first-order chi connectivity index (χ1) is 12.1. The van der Waals surface area contributed by atoms with Crippen molar-refractivity contribution in [3.63, 3.8) is 0 Å². The van der Waals surface area contributed by atoms with Crippen LogP contribution < -0.4 is 0 Å². The molecule has 1 aliphatic carbocycles. The number of oxime groups is 1. The van der Waals surface area contributed by atoms with Crippen molar-refractivity contribution in [1.29, 1.82) is 0 Å². The molecule has 1 aliphatic rings. The monoisotopic (exact) mass is 342 g/mol. The summed E-state index contributed by atoms with van der Waals surface area (Å²) in [5.41, 5.74) is 3.73. The molecular formula is C22H34N2O. The van der Waals surface area contributed by atoms with Gasteiger partial charge in [0.1, 0.15) is 6.61 Å². The third-order valence-electron chi connectivity index (χ3n) is 4.81. The zero-order chi connectivity index (χ0) is 18.1. The predicted molar refractivity (Wildman–Crippen MR) is 108 cm³/mol. The topological polar surface area (TPSA) is 24.8 Å². The lowest BCUT2D eigenvalue weighted by Crippen LogP contribution is -2.39. The van der Waals surface area contributed by atoms with Crippen LogP contribution in [-0.4, -0.2) is 35.8 Å². The largest absolute Gasteiger partial charge is 0.394 e. The number of benzene rings is 1. The van der Waals surface area contributed by atoms with Gasteiger partial charge in [0.2, 0.25) is 0 Å². The van der Waals surface area contributed by atoms with E-state index in [1.54, 1.807) is 0 Å². The lowest BCUT2D eigenvalue weighted by Gasteiger charge is -2.29. The molecule has 3 nitrogen and oxygen atoms in total. The number of rotatable bonds is 7. The van der Waals surface area contributed by atoms with E-state index >= 15 is 0 Å². The van der Waals surface area contributed by atoms with Crippen molar-refractivity contribution in [3.8, 4) is 0 Å².